The second kappa shape index (κ2) is 6.55. The lowest BCUT2D eigenvalue weighted by Gasteiger charge is -2.12. The lowest BCUT2D eigenvalue weighted by Crippen LogP contribution is -2.13. The van der Waals surface area contributed by atoms with E-state index in [9.17, 15) is 0 Å². The van der Waals surface area contributed by atoms with Crippen molar-refractivity contribution in [1.29, 1.82) is 5.26 Å². The number of nitrogens with one attached hydrogen (secondary N) is 1. The van der Waals surface area contributed by atoms with Gasteiger partial charge in [0.1, 0.15) is 5.82 Å². The highest BCUT2D eigenvalue weighted by Gasteiger charge is 2.10. The fraction of sp³-hybridized carbons (Fsp3) is 0.211. The van der Waals surface area contributed by atoms with E-state index < -0.39 is 0 Å². The molecule has 0 saturated carbocycles. The minimum Gasteiger partial charge on any atom is -0.383 e. The Kier molecular flexibility index (Phi) is 4.30. The number of nitrogens with two attached hydrogens (primary N) is 1. The van der Waals surface area contributed by atoms with Gasteiger partial charge in [0.15, 0.2) is 0 Å². The second-order valence-corrected chi connectivity index (χ2v) is 6.03. The van der Waals surface area contributed by atoms with Gasteiger partial charge in [-0.1, -0.05) is 24.3 Å². The summed E-state index contributed by atoms with van der Waals surface area (Å²) in [7, 11) is 0. The zero-order valence-corrected chi connectivity index (χ0v) is 13.7. The third-order valence-electron chi connectivity index (χ3n) is 3.73. The summed E-state index contributed by atoms with van der Waals surface area (Å²) in [6.45, 7) is 4.07. The van der Waals surface area contributed by atoms with Gasteiger partial charge in [0.05, 0.1) is 17.1 Å². The molecular weight excluding hydrogens is 298 g/mol. The maximum Gasteiger partial charge on any atom is 0.225 e. The Hall–Kier alpha value is -3.13. The average molecular weight is 317 g/mol. The molecule has 5 nitrogen and oxygen atoms in total. The first-order chi connectivity index (χ1) is 11.6. The Morgan fingerprint density at radius 2 is 1.88 bits per heavy atom. The predicted molar refractivity (Wildman–Crippen MR) is 96.7 cm³/mol. The monoisotopic (exact) mass is 317 g/mol. The summed E-state index contributed by atoms with van der Waals surface area (Å²) in [5.74, 6) is 1.03. The van der Waals surface area contributed by atoms with Crippen molar-refractivity contribution in [3.8, 4) is 6.07 Å². The predicted octanol–water partition coefficient (Wildman–Crippen LogP) is 3.49. The van der Waals surface area contributed by atoms with Crippen LogP contribution in [0.5, 0.6) is 0 Å². The molecule has 3 rings (SSSR count). The van der Waals surface area contributed by atoms with Gasteiger partial charge in [-0.25, -0.2) is 4.98 Å². The zero-order valence-electron chi connectivity index (χ0n) is 13.7. The van der Waals surface area contributed by atoms with Gasteiger partial charge in [0.25, 0.3) is 0 Å². The quantitative estimate of drug-likeness (QED) is 0.769. The molecule has 3 N–H and O–H groups in total. The van der Waals surface area contributed by atoms with E-state index in [1.54, 1.807) is 0 Å². The van der Waals surface area contributed by atoms with Crippen molar-refractivity contribution in [3.63, 3.8) is 0 Å². The molecule has 0 spiro atoms. The van der Waals surface area contributed by atoms with Crippen LogP contribution in [0.1, 0.15) is 30.5 Å². The van der Waals surface area contributed by atoms with Crippen LogP contribution in [0.15, 0.2) is 42.5 Å². The highest BCUT2D eigenvalue weighted by molar-refractivity contribution is 5.92. The number of nitriles is 1. The molecule has 0 bridgehead atoms. The van der Waals surface area contributed by atoms with Crippen LogP contribution < -0.4 is 11.1 Å². The first kappa shape index (κ1) is 15.8. The van der Waals surface area contributed by atoms with Crippen molar-refractivity contribution in [2.75, 3.05) is 11.1 Å². The minimum atomic E-state index is 0.240. The fourth-order valence-electron chi connectivity index (χ4n) is 2.67. The lowest BCUT2D eigenvalue weighted by atomic mass is 10.00. The topological polar surface area (TPSA) is 87.6 Å². The normalized spacial score (nSPS) is 10.8. The van der Waals surface area contributed by atoms with Gasteiger partial charge in [0.2, 0.25) is 5.95 Å². The number of anilines is 2. The summed E-state index contributed by atoms with van der Waals surface area (Å²) >= 11 is 0. The van der Waals surface area contributed by atoms with Crippen molar-refractivity contribution in [2.45, 2.75) is 26.3 Å². The molecule has 1 heterocycles. The van der Waals surface area contributed by atoms with E-state index >= 15 is 0 Å². The number of hydrogen-bond acceptors (Lipinski definition) is 5. The van der Waals surface area contributed by atoms with Gasteiger partial charge in [-0.05, 0) is 49.6 Å². The molecule has 120 valence electrons. The molecule has 2 aromatic carbocycles. The van der Waals surface area contributed by atoms with E-state index in [0.717, 1.165) is 22.0 Å². The maximum absolute atomic E-state index is 8.90. The van der Waals surface area contributed by atoms with Crippen molar-refractivity contribution in [2.24, 2.45) is 0 Å². The molecule has 5 heteroatoms. The lowest BCUT2D eigenvalue weighted by molar-refractivity contribution is 0.878. The second-order valence-electron chi connectivity index (χ2n) is 6.03. The average Bonchev–Trinajstić information content (AvgIpc) is 2.55. The summed E-state index contributed by atoms with van der Waals surface area (Å²) in [4.78, 5) is 8.94. The van der Waals surface area contributed by atoms with Crippen molar-refractivity contribution < 1.29 is 0 Å². The van der Waals surface area contributed by atoms with E-state index in [1.807, 2.05) is 56.3 Å². The number of benzene rings is 2. The first-order valence-electron chi connectivity index (χ1n) is 7.87. The van der Waals surface area contributed by atoms with Gasteiger partial charge >= 0.3 is 0 Å². The largest absolute Gasteiger partial charge is 0.383 e. The molecule has 0 aliphatic heterocycles. The Morgan fingerprint density at radius 1 is 1.12 bits per heavy atom. The third kappa shape index (κ3) is 3.28. The molecular formula is C19H19N5. The van der Waals surface area contributed by atoms with Gasteiger partial charge < -0.3 is 11.1 Å². The number of aromatic nitrogens is 2. The van der Waals surface area contributed by atoms with Crippen molar-refractivity contribution >= 4 is 22.7 Å². The summed E-state index contributed by atoms with van der Waals surface area (Å²) in [5.41, 5.74) is 9.88. The molecule has 0 radical (unpaired) electrons. The molecule has 1 aromatic heterocycles. The standard InChI is InChI=1S/C19H19N5/c1-12(2)22-19-23-16-5-3-4-15(17(16)18(21)24-19)10-13-6-8-14(11-20)9-7-13/h3-9,12H,10H2,1-2H3,(H3,21,22,23,24). The molecule has 0 atom stereocenters. The molecule has 0 aliphatic carbocycles. The SMILES string of the molecule is CC(C)Nc1nc(N)c2c(Cc3ccc(C#N)cc3)cccc2n1. The molecule has 0 saturated heterocycles. The minimum absolute atomic E-state index is 0.240. The number of rotatable bonds is 4. The zero-order chi connectivity index (χ0) is 17.1. The molecule has 24 heavy (non-hydrogen) atoms. The van der Waals surface area contributed by atoms with Crippen LogP contribution in [0.25, 0.3) is 10.9 Å². The van der Waals surface area contributed by atoms with E-state index in [1.165, 1.54) is 0 Å². The number of hydrogen-bond donors (Lipinski definition) is 2. The third-order valence-corrected chi connectivity index (χ3v) is 3.73. The summed E-state index contributed by atoms with van der Waals surface area (Å²) < 4.78 is 0. The molecule has 0 aliphatic rings. The fourth-order valence-corrected chi connectivity index (χ4v) is 2.67. The highest BCUT2D eigenvalue weighted by atomic mass is 15.1. The van der Waals surface area contributed by atoms with Crippen molar-refractivity contribution in [3.05, 3.63) is 59.2 Å². The first-order valence-corrected chi connectivity index (χ1v) is 7.87. The highest BCUT2D eigenvalue weighted by Crippen LogP contribution is 2.26. The van der Waals surface area contributed by atoms with Gasteiger partial charge in [0, 0.05) is 11.4 Å². The molecule has 0 fully saturated rings. The smallest absolute Gasteiger partial charge is 0.225 e. The molecule has 0 amide bonds. The number of nitrogens with zero attached hydrogens (tertiary/aromatic N) is 3. The Bertz CT molecular complexity index is 907. The van der Waals surface area contributed by atoms with Gasteiger partial charge in [-0.15, -0.1) is 0 Å². The van der Waals surface area contributed by atoms with Crippen LogP contribution in [0.3, 0.4) is 0 Å². The number of nitrogen functional groups attached to an aromatic ring is 1. The van der Waals surface area contributed by atoms with E-state index in [4.69, 9.17) is 11.0 Å². The Labute approximate surface area is 141 Å². The van der Waals surface area contributed by atoms with Gasteiger partial charge in [-0.3, -0.25) is 0 Å². The van der Waals surface area contributed by atoms with Crippen LogP contribution in [-0.4, -0.2) is 16.0 Å². The van der Waals surface area contributed by atoms with Crippen LogP contribution in [0, 0.1) is 11.3 Å². The van der Waals surface area contributed by atoms with Crippen LogP contribution in [-0.2, 0) is 6.42 Å². The molecule has 3 aromatic rings. The van der Waals surface area contributed by atoms with E-state index in [-0.39, 0.29) is 6.04 Å². The Morgan fingerprint density at radius 3 is 2.54 bits per heavy atom. The van der Waals surface area contributed by atoms with Gasteiger partial charge in [-0.2, -0.15) is 10.2 Å². The summed E-state index contributed by atoms with van der Waals surface area (Å²) in [6.07, 6.45) is 0.716. The van der Waals surface area contributed by atoms with Crippen molar-refractivity contribution in [1.82, 2.24) is 9.97 Å². The van der Waals surface area contributed by atoms with Crippen LogP contribution in [0.4, 0.5) is 11.8 Å². The number of fused-ring (bicyclic) bond motifs is 1. The Balaban J connectivity index is 2.00. The van der Waals surface area contributed by atoms with Crippen LogP contribution in [0.2, 0.25) is 0 Å². The summed E-state index contributed by atoms with van der Waals surface area (Å²) in [6, 6.07) is 15.9. The summed E-state index contributed by atoms with van der Waals surface area (Å²) in [5, 5.41) is 13.0. The van der Waals surface area contributed by atoms with E-state index in [0.29, 0.717) is 23.8 Å². The maximum atomic E-state index is 8.90. The molecule has 0 unspecified atom stereocenters. The van der Waals surface area contributed by atoms with Crippen LogP contribution >= 0.6 is 0 Å². The van der Waals surface area contributed by atoms with E-state index in [2.05, 4.69) is 21.4 Å².